The summed E-state index contributed by atoms with van der Waals surface area (Å²) in [7, 11) is 1.41. The standard InChI is InChI=1S/C16H10F3O3/c1-20-13-8-7-12(22-16(17,18)19)11-9-14(21-15(11)13)10-5-3-2-4-6-10/h2-5,7-9H,1H3. The van der Waals surface area contributed by atoms with Gasteiger partial charge in [0.15, 0.2) is 11.3 Å². The van der Waals surface area contributed by atoms with Crippen molar-refractivity contribution in [3.05, 3.63) is 48.5 Å². The molecule has 0 aliphatic rings. The number of methoxy groups -OCH3 is 1. The van der Waals surface area contributed by atoms with Crippen molar-refractivity contribution in [2.45, 2.75) is 6.36 Å². The third-order valence-corrected chi connectivity index (χ3v) is 3.03. The van der Waals surface area contributed by atoms with Crippen LogP contribution in [0.2, 0.25) is 0 Å². The van der Waals surface area contributed by atoms with Gasteiger partial charge in [0.25, 0.3) is 0 Å². The Balaban J connectivity index is 2.17. The Bertz CT molecular complexity index is 791. The first-order valence-electron chi connectivity index (χ1n) is 6.31. The molecule has 0 aliphatic heterocycles. The molecule has 1 heterocycles. The van der Waals surface area contributed by atoms with Gasteiger partial charge in [-0.25, -0.2) is 0 Å². The maximum atomic E-state index is 12.5. The second-order valence-corrected chi connectivity index (χ2v) is 4.44. The molecular weight excluding hydrogens is 297 g/mol. The van der Waals surface area contributed by atoms with Crippen molar-refractivity contribution in [2.24, 2.45) is 0 Å². The molecule has 0 amide bonds. The van der Waals surface area contributed by atoms with Crippen molar-refractivity contribution >= 4 is 11.0 Å². The van der Waals surface area contributed by atoms with Crippen LogP contribution in [0.25, 0.3) is 22.3 Å². The Labute approximate surface area is 123 Å². The van der Waals surface area contributed by atoms with Crippen LogP contribution in [0.1, 0.15) is 0 Å². The summed E-state index contributed by atoms with van der Waals surface area (Å²) < 4.78 is 52.3. The summed E-state index contributed by atoms with van der Waals surface area (Å²) in [5.74, 6) is 0.369. The van der Waals surface area contributed by atoms with Gasteiger partial charge in [-0.15, -0.1) is 13.2 Å². The van der Waals surface area contributed by atoms with Gasteiger partial charge in [-0.3, -0.25) is 0 Å². The van der Waals surface area contributed by atoms with Gasteiger partial charge in [0, 0.05) is 5.56 Å². The van der Waals surface area contributed by atoms with Crippen molar-refractivity contribution in [3.8, 4) is 22.8 Å². The van der Waals surface area contributed by atoms with Gasteiger partial charge < -0.3 is 13.9 Å². The molecule has 2 aromatic carbocycles. The maximum absolute atomic E-state index is 12.5. The zero-order valence-corrected chi connectivity index (χ0v) is 11.4. The first kappa shape index (κ1) is 14.3. The van der Waals surface area contributed by atoms with Crippen LogP contribution in [0.4, 0.5) is 13.2 Å². The van der Waals surface area contributed by atoms with Crippen LogP contribution < -0.4 is 9.47 Å². The fourth-order valence-corrected chi connectivity index (χ4v) is 2.13. The lowest BCUT2D eigenvalue weighted by atomic mass is 10.1. The van der Waals surface area contributed by atoms with Crippen molar-refractivity contribution in [3.63, 3.8) is 0 Å². The Kier molecular flexibility index (Phi) is 3.44. The topological polar surface area (TPSA) is 31.6 Å². The number of benzene rings is 2. The highest BCUT2D eigenvalue weighted by atomic mass is 19.4. The summed E-state index contributed by atoms with van der Waals surface area (Å²) in [4.78, 5) is 0. The van der Waals surface area contributed by atoms with E-state index in [0.29, 0.717) is 17.1 Å². The fourth-order valence-electron chi connectivity index (χ4n) is 2.13. The van der Waals surface area contributed by atoms with E-state index in [9.17, 15) is 13.2 Å². The zero-order valence-electron chi connectivity index (χ0n) is 11.4. The van der Waals surface area contributed by atoms with Gasteiger partial charge in [-0.05, 0) is 24.3 Å². The predicted octanol–water partition coefficient (Wildman–Crippen LogP) is 4.81. The highest BCUT2D eigenvalue weighted by molar-refractivity contribution is 5.92. The molecule has 0 bridgehead atoms. The number of fused-ring (bicyclic) bond motifs is 1. The Morgan fingerprint density at radius 3 is 2.50 bits per heavy atom. The van der Waals surface area contributed by atoms with Gasteiger partial charge in [0.05, 0.1) is 12.5 Å². The summed E-state index contributed by atoms with van der Waals surface area (Å²) in [6.45, 7) is 0. The molecule has 113 valence electrons. The van der Waals surface area contributed by atoms with Crippen molar-refractivity contribution in [1.82, 2.24) is 0 Å². The van der Waals surface area contributed by atoms with Gasteiger partial charge in [0.1, 0.15) is 11.5 Å². The van der Waals surface area contributed by atoms with Gasteiger partial charge in [0.2, 0.25) is 0 Å². The Morgan fingerprint density at radius 1 is 1.09 bits per heavy atom. The van der Waals surface area contributed by atoms with Crippen molar-refractivity contribution in [2.75, 3.05) is 7.11 Å². The van der Waals surface area contributed by atoms with E-state index in [1.807, 2.05) is 0 Å². The van der Waals surface area contributed by atoms with Crippen LogP contribution in [0.3, 0.4) is 0 Å². The van der Waals surface area contributed by atoms with Crippen LogP contribution in [0.15, 0.2) is 46.9 Å². The minimum Gasteiger partial charge on any atom is -0.493 e. The average molecular weight is 307 g/mol. The Hall–Kier alpha value is -2.63. The van der Waals surface area contributed by atoms with Crippen LogP contribution in [0, 0.1) is 6.07 Å². The molecule has 0 fully saturated rings. The highest BCUT2D eigenvalue weighted by Crippen LogP contribution is 2.40. The molecule has 1 radical (unpaired) electrons. The molecule has 1 aromatic heterocycles. The molecule has 0 atom stereocenters. The number of furan rings is 1. The van der Waals surface area contributed by atoms with E-state index < -0.39 is 6.36 Å². The summed E-state index contributed by atoms with van der Waals surface area (Å²) in [6, 6.07) is 14.0. The second-order valence-electron chi connectivity index (χ2n) is 4.44. The second kappa shape index (κ2) is 5.29. The summed E-state index contributed by atoms with van der Waals surface area (Å²) in [6.07, 6.45) is -4.78. The molecule has 0 saturated carbocycles. The lowest BCUT2D eigenvalue weighted by Gasteiger charge is -2.10. The average Bonchev–Trinajstić information content (AvgIpc) is 2.93. The minimum atomic E-state index is -4.78. The van der Waals surface area contributed by atoms with Gasteiger partial charge >= 0.3 is 6.36 Å². The first-order chi connectivity index (χ1) is 10.5. The van der Waals surface area contributed by atoms with E-state index in [2.05, 4.69) is 10.8 Å². The molecule has 3 rings (SSSR count). The number of hydrogen-bond acceptors (Lipinski definition) is 3. The monoisotopic (exact) mass is 307 g/mol. The van der Waals surface area contributed by atoms with E-state index in [-0.39, 0.29) is 16.7 Å². The Morgan fingerprint density at radius 2 is 1.86 bits per heavy atom. The molecular formula is C16H10F3O3. The zero-order chi connectivity index (χ0) is 15.7. The third-order valence-electron chi connectivity index (χ3n) is 3.03. The molecule has 0 spiro atoms. The fraction of sp³-hybridized carbons (Fsp3) is 0.125. The van der Waals surface area contributed by atoms with Crippen LogP contribution >= 0.6 is 0 Å². The number of alkyl halides is 3. The quantitative estimate of drug-likeness (QED) is 0.696. The molecule has 3 nitrogen and oxygen atoms in total. The third kappa shape index (κ3) is 2.72. The number of rotatable bonds is 3. The number of halogens is 3. The van der Waals surface area contributed by atoms with E-state index >= 15 is 0 Å². The molecule has 22 heavy (non-hydrogen) atoms. The van der Waals surface area contributed by atoms with Gasteiger partial charge in [-0.1, -0.05) is 24.3 Å². The summed E-state index contributed by atoms with van der Waals surface area (Å²) >= 11 is 0. The lowest BCUT2D eigenvalue weighted by molar-refractivity contribution is -0.274. The van der Waals surface area contributed by atoms with Crippen molar-refractivity contribution in [1.29, 1.82) is 0 Å². The lowest BCUT2D eigenvalue weighted by Crippen LogP contribution is -2.17. The van der Waals surface area contributed by atoms with E-state index in [4.69, 9.17) is 9.15 Å². The van der Waals surface area contributed by atoms with Crippen molar-refractivity contribution < 1.29 is 27.1 Å². The minimum absolute atomic E-state index is 0.184. The smallest absolute Gasteiger partial charge is 0.493 e. The van der Waals surface area contributed by atoms with Crippen LogP contribution in [0.5, 0.6) is 11.5 Å². The molecule has 3 aromatic rings. The highest BCUT2D eigenvalue weighted by Gasteiger charge is 2.32. The van der Waals surface area contributed by atoms with Gasteiger partial charge in [-0.2, -0.15) is 0 Å². The summed E-state index contributed by atoms with van der Waals surface area (Å²) in [5.41, 5.74) is 0.815. The van der Waals surface area contributed by atoms with E-state index in [0.717, 1.165) is 0 Å². The van der Waals surface area contributed by atoms with E-state index in [1.165, 1.54) is 25.3 Å². The first-order valence-corrected chi connectivity index (χ1v) is 6.31. The number of ether oxygens (including phenoxy) is 2. The predicted molar refractivity (Wildman–Crippen MR) is 73.7 cm³/mol. The largest absolute Gasteiger partial charge is 0.573 e. The van der Waals surface area contributed by atoms with E-state index in [1.54, 1.807) is 24.3 Å². The number of hydrogen-bond donors (Lipinski definition) is 0. The molecule has 6 heteroatoms. The molecule has 0 saturated heterocycles. The van der Waals surface area contributed by atoms with Crippen LogP contribution in [-0.4, -0.2) is 13.5 Å². The molecule has 0 aliphatic carbocycles. The maximum Gasteiger partial charge on any atom is 0.573 e. The molecule has 0 N–H and O–H groups in total. The normalized spacial score (nSPS) is 11.6. The summed E-state index contributed by atoms with van der Waals surface area (Å²) in [5, 5.41) is 0.184. The molecule has 0 unspecified atom stereocenters. The SMILES string of the molecule is COc1ccc(OC(F)(F)F)c2cc(-c3[c]cccc3)oc12. The van der Waals surface area contributed by atoms with Crippen LogP contribution in [-0.2, 0) is 0 Å².